The van der Waals surface area contributed by atoms with E-state index in [1.807, 2.05) is 13.8 Å². The predicted octanol–water partition coefficient (Wildman–Crippen LogP) is 2.20. The van der Waals surface area contributed by atoms with Crippen molar-refractivity contribution >= 4 is 23.6 Å². The SMILES string of the molecule is Cc1noc(C)c1Cn1cc(N2C(=O)CN(Cc3cccc(C(=O)O)c3)C2=O)cn1. The number of benzene rings is 1. The zero-order valence-corrected chi connectivity index (χ0v) is 16.4. The Kier molecular flexibility index (Phi) is 4.82. The number of amides is 3. The smallest absolute Gasteiger partial charge is 0.335 e. The Balaban J connectivity index is 1.50. The number of carboxylic acid groups (broad SMARTS) is 1. The quantitative estimate of drug-likeness (QED) is 0.619. The second-order valence-corrected chi connectivity index (χ2v) is 7.07. The Bertz CT molecular complexity index is 1130. The number of carboxylic acids is 1. The minimum absolute atomic E-state index is 0.0921. The van der Waals surface area contributed by atoms with Gasteiger partial charge in [-0.2, -0.15) is 5.10 Å². The molecule has 0 saturated carbocycles. The lowest BCUT2D eigenvalue weighted by atomic mass is 10.1. The summed E-state index contributed by atoms with van der Waals surface area (Å²) in [6, 6.07) is 5.82. The fourth-order valence-corrected chi connectivity index (χ4v) is 3.39. The van der Waals surface area contributed by atoms with Crippen LogP contribution in [-0.4, -0.2) is 49.4 Å². The van der Waals surface area contributed by atoms with E-state index in [4.69, 9.17) is 9.63 Å². The summed E-state index contributed by atoms with van der Waals surface area (Å²) in [6.07, 6.45) is 3.08. The van der Waals surface area contributed by atoms with Gasteiger partial charge in [0.1, 0.15) is 12.3 Å². The van der Waals surface area contributed by atoms with E-state index in [0.717, 1.165) is 16.2 Å². The fourth-order valence-electron chi connectivity index (χ4n) is 3.39. The largest absolute Gasteiger partial charge is 0.478 e. The molecule has 0 aliphatic carbocycles. The summed E-state index contributed by atoms with van der Waals surface area (Å²) in [6.45, 7) is 4.09. The van der Waals surface area contributed by atoms with Crippen molar-refractivity contribution in [3.63, 3.8) is 0 Å². The molecule has 0 bridgehead atoms. The molecule has 0 unspecified atom stereocenters. The number of aromatic nitrogens is 3. The van der Waals surface area contributed by atoms with Crippen molar-refractivity contribution in [3.8, 4) is 0 Å². The minimum atomic E-state index is -1.05. The fraction of sp³-hybridized carbons (Fsp3) is 0.250. The molecular weight excluding hydrogens is 390 g/mol. The molecule has 30 heavy (non-hydrogen) atoms. The van der Waals surface area contributed by atoms with Crippen molar-refractivity contribution in [2.24, 2.45) is 0 Å². The van der Waals surface area contributed by atoms with Crippen LogP contribution in [-0.2, 0) is 17.9 Å². The lowest BCUT2D eigenvalue weighted by Crippen LogP contribution is -2.32. The normalized spacial score (nSPS) is 14.1. The van der Waals surface area contributed by atoms with Gasteiger partial charge < -0.3 is 14.5 Å². The van der Waals surface area contributed by atoms with Gasteiger partial charge in [0.25, 0.3) is 5.91 Å². The van der Waals surface area contributed by atoms with Crippen LogP contribution in [0.1, 0.15) is 32.9 Å². The maximum Gasteiger partial charge on any atom is 0.335 e. The average Bonchev–Trinajstić information content (AvgIpc) is 3.37. The van der Waals surface area contributed by atoms with Gasteiger partial charge in [-0.1, -0.05) is 17.3 Å². The highest BCUT2D eigenvalue weighted by molar-refractivity contribution is 6.19. The molecule has 3 aromatic rings. The van der Waals surface area contributed by atoms with Crippen LogP contribution < -0.4 is 4.90 Å². The summed E-state index contributed by atoms with van der Waals surface area (Å²) in [5.41, 5.74) is 2.78. The molecule has 10 heteroatoms. The van der Waals surface area contributed by atoms with Gasteiger partial charge in [0.2, 0.25) is 0 Å². The summed E-state index contributed by atoms with van der Waals surface area (Å²) in [4.78, 5) is 38.9. The van der Waals surface area contributed by atoms with Gasteiger partial charge in [-0.15, -0.1) is 0 Å². The molecule has 10 nitrogen and oxygen atoms in total. The average molecular weight is 409 g/mol. The van der Waals surface area contributed by atoms with E-state index in [2.05, 4.69) is 10.3 Å². The van der Waals surface area contributed by atoms with Crippen LogP contribution in [0.5, 0.6) is 0 Å². The number of urea groups is 1. The van der Waals surface area contributed by atoms with Gasteiger partial charge in [-0.25, -0.2) is 14.5 Å². The highest BCUT2D eigenvalue weighted by Crippen LogP contribution is 2.23. The number of carbonyl (C=O) groups excluding carboxylic acids is 2. The summed E-state index contributed by atoms with van der Waals surface area (Å²) in [5, 5.41) is 17.3. The molecule has 4 rings (SSSR count). The standard InChI is InChI=1S/C20H19N5O5/c1-12-17(13(2)30-22-12)10-24-9-16(7-21-24)25-18(26)11-23(20(25)29)8-14-4-3-5-15(6-14)19(27)28/h3-7,9H,8,10-11H2,1-2H3,(H,27,28). The lowest BCUT2D eigenvalue weighted by molar-refractivity contribution is -0.116. The summed E-state index contributed by atoms with van der Waals surface area (Å²) in [7, 11) is 0. The van der Waals surface area contributed by atoms with Gasteiger partial charge in [-0.3, -0.25) is 9.48 Å². The molecule has 0 atom stereocenters. The number of aromatic carboxylic acids is 1. The van der Waals surface area contributed by atoms with Crippen molar-refractivity contribution in [2.75, 3.05) is 11.4 Å². The Morgan fingerprint density at radius 3 is 2.73 bits per heavy atom. The van der Waals surface area contributed by atoms with E-state index in [1.54, 1.807) is 23.0 Å². The van der Waals surface area contributed by atoms with Gasteiger partial charge in [-0.05, 0) is 31.5 Å². The Labute approximate surface area is 171 Å². The molecule has 1 aliphatic rings. The zero-order valence-electron chi connectivity index (χ0n) is 16.4. The third-order valence-corrected chi connectivity index (χ3v) is 4.96. The maximum absolute atomic E-state index is 12.8. The van der Waals surface area contributed by atoms with E-state index < -0.39 is 12.0 Å². The molecule has 3 amide bonds. The van der Waals surface area contributed by atoms with Crippen molar-refractivity contribution in [1.82, 2.24) is 19.8 Å². The summed E-state index contributed by atoms with van der Waals surface area (Å²) < 4.78 is 6.76. The number of imide groups is 1. The lowest BCUT2D eigenvalue weighted by Gasteiger charge is -2.16. The summed E-state index contributed by atoms with van der Waals surface area (Å²) >= 11 is 0. The molecule has 0 spiro atoms. The van der Waals surface area contributed by atoms with E-state index in [0.29, 0.717) is 23.6 Å². The maximum atomic E-state index is 12.8. The van der Waals surface area contributed by atoms with Crippen LogP contribution in [0.4, 0.5) is 10.5 Å². The van der Waals surface area contributed by atoms with E-state index in [-0.39, 0.29) is 24.6 Å². The van der Waals surface area contributed by atoms with Crippen LogP contribution in [0, 0.1) is 13.8 Å². The number of anilines is 1. The van der Waals surface area contributed by atoms with Crippen LogP contribution in [0.25, 0.3) is 0 Å². The number of carbonyl (C=O) groups is 3. The third kappa shape index (κ3) is 3.54. The highest BCUT2D eigenvalue weighted by Gasteiger charge is 2.37. The molecule has 154 valence electrons. The van der Waals surface area contributed by atoms with E-state index in [9.17, 15) is 14.4 Å². The van der Waals surface area contributed by atoms with Gasteiger partial charge in [0.15, 0.2) is 0 Å². The highest BCUT2D eigenvalue weighted by atomic mass is 16.5. The molecule has 1 saturated heterocycles. The Morgan fingerprint density at radius 2 is 2.03 bits per heavy atom. The molecule has 1 aromatic carbocycles. The molecule has 0 radical (unpaired) electrons. The molecule has 1 fully saturated rings. The molecule has 1 aliphatic heterocycles. The Morgan fingerprint density at radius 1 is 1.23 bits per heavy atom. The molecule has 1 N–H and O–H groups in total. The first-order valence-corrected chi connectivity index (χ1v) is 9.22. The van der Waals surface area contributed by atoms with Gasteiger partial charge in [0, 0.05) is 18.3 Å². The topological polar surface area (TPSA) is 122 Å². The van der Waals surface area contributed by atoms with Crippen LogP contribution in [0.2, 0.25) is 0 Å². The van der Waals surface area contributed by atoms with Gasteiger partial charge in [0.05, 0.1) is 29.7 Å². The predicted molar refractivity (Wildman–Crippen MR) is 104 cm³/mol. The number of hydrogen-bond donors (Lipinski definition) is 1. The van der Waals surface area contributed by atoms with Crippen molar-refractivity contribution in [2.45, 2.75) is 26.9 Å². The minimum Gasteiger partial charge on any atom is -0.478 e. The second-order valence-electron chi connectivity index (χ2n) is 7.07. The van der Waals surface area contributed by atoms with E-state index in [1.165, 1.54) is 23.2 Å². The molecule has 3 heterocycles. The first-order chi connectivity index (χ1) is 14.3. The Hall–Kier alpha value is -3.95. The zero-order chi connectivity index (χ0) is 21.4. The molecular formula is C20H19N5O5. The number of nitrogens with zero attached hydrogens (tertiary/aromatic N) is 5. The monoisotopic (exact) mass is 409 g/mol. The first-order valence-electron chi connectivity index (χ1n) is 9.22. The first kappa shape index (κ1) is 19.4. The number of aryl methyl sites for hydroxylation is 2. The van der Waals surface area contributed by atoms with Crippen molar-refractivity contribution in [3.05, 3.63) is 64.8 Å². The second kappa shape index (κ2) is 7.47. The van der Waals surface area contributed by atoms with Crippen molar-refractivity contribution in [1.29, 1.82) is 0 Å². The van der Waals surface area contributed by atoms with Gasteiger partial charge >= 0.3 is 12.0 Å². The third-order valence-electron chi connectivity index (χ3n) is 4.96. The number of rotatable bonds is 6. The van der Waals surface area contributed by atoms with Crippen LogP contribution >= 0.6 is 0 Å². The molecule has 2 aromatic heterocycles. The summed E-state index contributed by atoms with van der Waals surface area (Å²) in [5.74, 6) is -0.730. The van der Waals surface area contributed by atoms with Crippen LogP contribution in [0.15, 0.2) is 41.2 Å². The van der Waals surface area contributed by atoms with Crippen LogP contribution in [0.3, 0.4) is 0 Å². The number of hydrogen-bond acceptors (Lipinski definition) is 6. The van der Waals surface area contributed by atoms with Crippen molar-refractivity contribution < 1.29 is 24.0 Å². The van der Waals surface area contributed by atoms with E-state index >= 15 is 0 Å².